The number of hydrogen-bond acceptors (Lipinski definition) is 2. The highest BCUT2D eigenvalue weighted by atomic mass is 16.5. The van der Waals surface area contributed by atoms with Gasteiger partial charge >= 0.3 is 0 Å². The van der Waals surface area contributed by atoms with Crippen molar-refractivity contribution in [3.8, 4) is 0 Å². The first-order valence-corrected chi connectivity index (χ1v) is 5.06. The van der Waals surface area contributed by atoms with Crippen molar-refractivity contribution in [2.75, 3.05) is 47.9 Å². The van der Waals surface area contributed by atoms with Crippen LogP contribution in [0.1, 0.15) is 6.92 Å². The molecule has 15 heavy (non-hydrogen) atoms. The van der Waals surface area contributed by atoms with Gasteiger partial charge in [0.25, 0.3) is 0 Å². The van der Waals surface area contributed by atoms with E-state index >= 15 is 0 Å². The van der Waals surface area contributed by atoms with Crippen molar-refractivity contribution in [2.24, 2.45) is 4.99 Å². The Kier molecular flexibility index (Phi) is 6.79. The maximum Gasteiger partial charge on any atom is 0.195 e. The van der Waals surface area contributed by atoms with Crippen molar-refractivity contribution in [3.05, 3.63) is 12.2 Å². The lowest BCUT2D eigenvalue weighted by atomic mass is 10.4. The summed E-state index contributed by atoms with van der Waals surface area (Å²) in [5.41, 5.74) is 1.04. The highest BCUT2D eigenvalue weighted by molar-refractivity contribution is 5.79. The third-order valence-corrected chi connectivity index (χ3v) is 1.64. The Bertz CT molecular complexity index is 212. The van der Waals surface area contributed by atoms with Crippen molar-refractivity contribution in [1.82, 2.24) is 9.80 Å². The molecule has 0 saturated carbocycles. The maximum absolute atomic E-state index is 5.36. The molecule has 0 aliphatic carbocycles. The molecule has 0 aliphatic rings. The summed E-state index contributed by atoms with van der Waals surface area (Å²) in [5, 5.41) is 0. The number of nitrogens with zero attached hydrogens (tertiary/aromatic N) is 3. The van der Waals surface area contributed by atoms with Crippen LogP contribution in [0.25, 0.3) is 0 Å². The molecule has 0 aliphatic heterocycles. The van der Waals surface area contributed by atoms with Gasteiger partial charge in [-0.3, -0.25) is 4.99 Å². The van der Waals surface area contributed by atoms with Crippen molar-refractivity contribution >= 4 is 5.96 Å². The molecule has 0 bridgehead atoms. The highest BCUT2D eigenvalue weighted by Gasteiger charge is 2.02. The SMILES string of the molecule is C=C(C)COCCN=C(N(C)C)N(C)C. The standard InChI is InChI=1S/C11H23N3O/c1-10(2)9-15-8-7-12-11(13(3)4)14(5)6/h1,7-9H2,2-6H3. The molecule has 0 fully saturated rings. The van der Waals surface area contributed by atoms with Gasteiger partial charge < -0.3 is 14.5 Å². The second-order valence-electron chi connectivity index (χ2n) is 3.98. The average Bonchev–Trinajstić information content (AvgIpc) is 2.08. The van der Waals surface area contributed by atoms with E-state index in [0.717, 1.165) is 11.5 Å². The Labute approximate surface area is 93.2 Å². The van der Waals surface area contributed by atoms with Crippen LogP contribution in [0.3, 0.4) is 0 Å². The second-order valence-corrected chi connectivity index (χ2v) is 3.98. The van der Waals surface area contributed by atoms with Gasteiger partial charge in [0.15, 0.2) is 5.96 Å². The monoisotopic (exact) mass is 213 g/mol. The first-order valence-electron chi connectivity index (χ1n) is 5.06. The largest absolute Gasteiger partial charge is 0.375 e. The Balaban J connectivity index is 3.86. The minimum atomic E-state index is 0.620. The Morgan fingerprint density at radius 3 is 2.13 bits per heavy atom. The van der Waals surface area contributed by atoms with Crippen molar-refractivity contribution in [2.45, 2.75) is 6.92 Å². The normalized spacial score (nSPS) is 9.67. The smallest absolute Gasteiger partial charge is 0.195 e. The summed E-state index contributed by atoms with van der Waals surface area (Å²) in [6.07, 6.45) is 0. The van der Waals surface area contributed by atoms with Gasteiger partial charge in [0.1, 0.15) is 0 Å². The molecule has 0 heterocycles. The number of rotatable bonds is 5. The molecule has 88 valence electrons. The molecule has 0 N–H and O–H groups in total. The van der Waals surface area contributed by atoms with Crippen LogP contribution < -0.4 is 0 Å². The average molecular weight is 213 g/mol. The third-order valence-electron chi connectivity index (χ3n) is 1.64. The van der Waals surface area contributed by atoms with Gasteiger partial charge in [-0.1, -0.05) is 12.2 Å². The van der Waals surface area contributed by atoms with E-state index in [4.69, 9.17) is 4.74 Å². The summed E-state index contributed by atoms with van der Waals surface area (Å²) in [5.74, 6) is 0.953. The van der Waals surface area contributed by atoms with Crippen LogP contribution in [0, 0.1) is 0 Å². The van der Waals surface area contributed by atoms with E-state index < -0.39 is 0 Å². The van der Waals surface area contributed by atoms with Crippen LogP contribution in [0.2, 0.25) is 0 Å². The van der Waals surface area contributed by atoms with E-state index in [0.29, 0.717) is 19.8 Å². The van der Waals surface area contributed by atoms with Crippen LogP contribution in [0.4, 0.5) is 0 Å². The zero-order chi connectivity index (χ0) is 11.8. The summed E-state index contributed by atoms with van der Waals surface area (Å²) >= 11 is 0. The van der Waals surface area contributed by atoms with E-state index in [1.54, 1.807) is 0 Å². The molecule has 0 aromatic heterocycles. The maximum atomic E-state index is 5.36. The number of ether oxygens (including phenoxy) is 1. The lowest BCUT2D eigenvalue weighted by molar-refractivity contribution is 0.164. The van der Waals surface area contributed by atoms with Gasteiger partial charge in [0.2, 0.25) is 0 Å². The molecule has 0 amide bonds. The van der Waals surface area contributed by atoms with E-state index in [1.807, 2.05) is 44.9 Å². The lowest BCUT2D eigenvalue weighted by Crippen LogP contribution is -2.35. The summed E-state index contributed by atoms with van der Waals surface area (Å²) < 4.78 is 5.36. The van der Waals surface area contributed by atoms with Crippen LogP contribution in [0.5, 0.6) is 0 Å². The summed E-state index contributed by atoms with van der Waals surface area (Å²) in [6, 6.07) is 0. The molecule has 4 heteroatoms. The fourth-order valence-corrected chi connectivity index (χ4v) is 1.14. The molecule has 4 nitrogen and oxygen atoms in total. The Morgan fingerprint density at radius 2 is 1.73 bits per heavy atom. The van der Waals surface area contributed by atoms with Crippen LogP contribution >= 0.6 is 0 Å². The predicted molar refractivity (Wildman–Crippen MR) is 65.3 cm³/mol. The molecule has 0 aromatic carbocycles. The van der Waals surface area contributed by atoms with Gasteiger partial charge in [-0.05, 0) is 6.92 Å². The molecule has 0 unspecified atom stereocenters. The van der Waals surface area contributed by atoms with Gasteiger partial charge in [0, 0.05) is 28.2 Å². The van der Waals surface area contributed by atoms with E-state index in [9.17, 15) is 0 Å². The summed E-state index contributed by atoms with van der Waals surface area (Å²) in [4.78, 5) is 8.40. The van der Waals surface area contributed by atoms with E-state index in [2.05, 4.69) is 11.6 Å². The molecular weight excluding hydrogens is 190 g/mol. The Morgan fingerprint density at radius 1 is 1.20 bits per heavy atom. The van der Waals surface area contributed by atoms with Crippen molar-refractivity contribution in [3.63, 3.8) is 0 Å². The molecule has 0 radical (unpaired) electrons. The fraction of sp³-hybridized carbons (Fsp3) is 0.727. The lowest BCUT2D eigenvalue weighted by Gasteiger charge is -2.22. The molecule has 0 saturated heterocycles. The second kappa shape index (κ2) is 7.29. The van der Waals surface area contributed by atoms with E-state index in [-0.39, 0.29) is 0 Å². The first kappa shape index (κ1) is 14.0. The van der Waals surface area contributed by atoms with E-state index in [1.165, 1.54) is 0 Å². The van der Waals surface area contributed by atoms with Gasteiger partial charge in [-0.2, -0.15) is 0 Å². The molecule has 0 aromatic rings. The van der Waals surface area contributed by atoms with Gasteiger partial charge in [0.05, 0.1) is 19.8 Å². The molecule has 0 spiro atoms. The summed E-state index contributed by atoms with van der Waals surface area (Å²) in [7, 11) is 7.92. The Hall–Kier alpha value is -1.03. The zero-order valence-corrected chi connectivity index (χ0v) is 10.6. The van der Waals surface area contributed by atoms with Crippen molar-refractivity contribution in [1.29, 1.82) is 0 Å². The van der Waals surface area contributed by atoms with Gasteiger partial charge in [-0.15, -0.1) is 0 Å². The van der Waals surface area contributed by atoms with Crippen molar-refractivity contribution < 1.29 is 4.74 Å². The molecular formula is C11H23N3O. The molecule has 0 atom stereocenters. The van der Waals surface area contributed by atoms with Crippen LogP contribution in [-0.2, 0) is 4.74 Å². The topological polar surface area (TPSA) is 28.1 Å². The first-order chi connectivity index (χ1) is 6.95. The third kappa shape index (κ3) is 6.96. The fourth-order valence-electron chi connectivity index (χ4n) is 1.14. The predicted octanol–water partition coefficient (Wildman–Crippen LogP) is 1.06. The summed E-state index contributed by atoms with van der Waals surface area (Å²) in [6.45, 7) is 7.66. The quantitative estimate of drug-likeness (QED) is 0.296. The minimum Gasteiger partial charge on any atom is -0.375 e. The number of aliphatic imine (C=N–C) groups is 1. The van der Waals surface area contributed by atoms with Gasteiger partial charge in [-0.25, -0.2) is 0 Å². The number of hydrogen-bond donors (Lipinski definition) is 0. The highest BCUT2D eigenvalue weighted by Crippen LogP contribution is 1.91. The number of guanidine groups is 1. The zero-order valence-electron chi connectivity index (χ0n) is 10.6. The van der Waals surface area contributed by atoms with Crippen LogP contribution in [-0.4, -0.2) is 63.7 Å². The van der Waals surface area contributed by atoms with Crippen LogP contribution in [0.15, 0.2) is 17.1 Å². The minimum absolute atomic E-state index is 0.620. The molecule has 0 rings (SSSR count).